The van der Waals surface area contributed by atoms with Crippen LogP contribution in [0.15, 0.2) is 29.6 Å². The van der Waals surface area contributed by atoms with Crippen LogP contribution in [0.4, 0.5) is 0 Å². The second-order valence-corrected chi connectivity index (χ2v) is 5.97. The maximum atomic E-state index is 9.46. The van der Waals surface area contributed by atoms with Gasteiger partial charge in [0.15, 0.2) is 0 Å². The van der Waals surface area contributed by atoms with Crippen LogP contribution in [0.25, 0.3) is 10.1 Å². The molecule has 2 aromatic rings. The molecular weight excluding hydrogens is 242 g/mol. The Morgan fingerprint density at radius 1 is 1.28 bits per heavy atom. The molecule has 0 bridgehead atoms. The van der Waals surface area contributed by atoms with Gasteiger partial charge in [-0.3, -0.25) is 4.90 Å². The SMILES string of the molecule is OC[C@H]1CCCCN1Cc1csc2ccccc12. The minimum atomic E-state index is 0.294. The monoisotopic (exact) mass is 261 g/mol. The zero-order valence-corrected chi connectivity index (χ0v) is 11.3. The molecule has 3 rings (SSSR count). The van der Waals surface area contributed by atoms with Crippen molar-refractivity contribution in [3.05, 3.63) is 35.2 Å². The third kappa shape index (κ3) is 2.30. The van der Waals surface area contributed by atoms with Crippen molar-refractivity contribution in [2.45, 2.75) is 31.8 Å². The van der Waals surface area contributed by atoms with Crippen LogP contribution in [0.5, 0.6) is 0 Å². The fraction of sp³-hybridized carbons (Fsp3) is 0.467. The zero-order chi connectivity index (χ0) is 12.4. The number of hydrogen-bond acceptors (Lipinski definition) is 3. The first-order valence-corrected chi connectivity index (χ1v) is 7.56. The van der Waals surface area contributed by atoms with E-state index in [9.17, 15) is 5.11 Å². The second kappa shape index (κ2) is 5.39. The van der Waals surface area contributed by atoms with Gasteiger partial charge in [-0.25, -0.2) is 0 Å². The molecule has 0 unspecified atom stereocenters. The maximum absolute atomic E-state index is 9.46. The minimum Gasteiger partial charge on any atom is -0.395 e. The van der Waals surface area contributed by atoms with E-state index in [0.717, 1.165) is 19.5 Å². The molecule has 0 radical (unpaired) electrons. The highest BCUT2D eigenvalue weighted by molar-refractivity contribution is 7.17. The van der Waals surface area contributed by atoms with Gasteiger partial charge in [-0.05, 0) is 41.8 Å². The van der Waals surface area contributed by atoms with Crippen molar-refractivity contribution in [1.29, 1.82) is 0 Å². The standard InChI is InChI=1S/C15H19NOS/c17-10-13-5-3-4-8-16(13)9-12-11-18-15-7-2-1-6-14(12)15/h1-2,6-7,11,13,17H,3-5,8-10H2/t13-/m1/s1. The molecule has 0 spiro atoms. The smallest absolute Gasteiger partial charge is 0.0586 e. The third-order valence-corrected chi connectivity index (χ3v) is 4.91. The Hall–Kier alpha value is -0.900. The summed E-state index contributed by atoms with van der Waals surface area (Å²) < 4.78 is 1.37. The van der Waals surface area contributed by atoms with Crippen LogP contribution in [0.1, 0.15) is 24.8 Å². The highest BCUT2D eigenvalue weighted by Gasteiger charge is 2.22. The Kier molecular flexibility index (Phi) is 3.64. The summed E-state index contributed by atoms with van der Waals surface area (Å²) in [4.78, 5) is 2.44. The van der Waals surface area contributed by atoms with Crippen LogP contribution >= 0.6 is 11.3 Å². The van der Waals surface area contributed by atoms with E-state index in [1.54, 1.807) is 0 Å². The predicted molar refractivity (Wildman–Crippen MR) is 77.0 cm³/mol. The van der Waals surface area contributed by atoms with Gasteiger partial charge < -0.3 is 5.11 Å². The van der Waals surface area contributed by atoms with Crippen molar-refractivity contribution in [2.24, 2.45) is 0 Å². The predicted octanol–water partition coefficient (Wildman–Crippen LogP) is 3.25. The van der Waals surface area contributed by atoms with Crippen molar-refractivity contribution in [2.75, 3.05) is 13.2 Å². The Bertz CT molecular complexity index is 522. The quantitative estimate of drug-likeness (QED) is 0.917. The van der Waals surface area contributed by atoms with Crippen molar-refractivity contribution >= 4 is 21.4 Å². The molecule has 3 heteroatoms. The maximum Gasteiger partial charge on any atom is 0.0586 e. The first-order chi connectivity index (χ1) is 8.88. The topological polar surface area (TPSA) is 23.5 Å². The van der Waals surface area contributed by atoms with Crippen molar-refractivity contribution in [3.8, 4) is 0 Å². The second-order valence-electron chi connectivity index (χ2n) is 5.06. The molecule has 1 N–H and O–H groups in total. The summed E-state index contributed by atoms with van der Waals surface area (Å²) in [6.45, 7) is 2.40. The normalized spacial score (nSPS) is 21.5. The van der Waals surface area contributed by atoms with E-state index < -0.39 is 0 Å². The number of hydrogen-bond donors (Lipinski definition) is 1. The molecule has 2 nitrogen and oxygen atoms in total. The van der Waals surface area contributed by atoms with Crippen LogP contribution in [0.2, 0.25) is 0 Å². The van der Waals surface area contributed by atoms with E-state index >= 15 is 0 Å². The summed E-state index contributed by atoms with van der Waals surface area (Å²) in [6, 6.07) is 8.96. The van der Waals surface area contributed by atoms with Gasteiger partial charge in [-0.2, -0.15) is 0 Å². The minimum absolute atomic E-state index is 0.294. The average Bonchev–Trinajstić information content (AvgIpc) is 2.83. The van der Waals surface area contributed by atoms with Gasteiger partial charge >= 0.3 is 0 Å². The molecule has 0 amide bonds. The van der Waals surface area contributed by atoms with Crippen LogP contribution in [0, 0.1) is 0 Å². The number of rotatable bonds is 3. The van der Waals surface area contributed by atoms with Crippen LogP contribution < -0.4 is 0 Å². The third-order valence-electron chi connectivity index (χ3n) is 3.89. The lowest BCUT2D eigenvalue weighted by Crippen LogP contribution is -2.41. The van der Waals surface area contributed by atoms with Gasteiger partial charge in [0.1, 0.15) is 0 Å². The summed E-state index contributed by atoms with van der Waals surface area (Å²) >= 11 is 1.82. The number of fused-ring (bicyclic) bond motifs is 1. The summed E-state index contributed by atoms with van der Waals surface area (Å²) in [5.41, 5.74) is 1.41. The number of likely N-dealkylation sites (tertiary alicyclic amines) is 1. The Morgan fingerprint density at radius 2 is 2.17 bits per heavy atom. The van der Waals surface area contributed by atoms with E-state index in [4.69, 9.17) is 0 Å². The molecule has 96 valence electrons. The van der Waals surface area contributed by atoms with Gasteiger partial charge in [-0.15, -0.1) is 11.3 Å². The van der Waals surface area contributed by atoms with E-state index in [1.165, 1.54) is 28.5 Å². The summed E-state index contributed by atoms with van der Waals surface area (Å²) in [5, 5.41) is 13.1. The zero-order valence-electron chi connectivity index (χ0n) is 10.5. The number of piperidine rings is 1. The van der Waals surface area contributed by atoms with Gasteiger partial charge in [-0.1, -0.05) is 24.6 Å². The Morgan fingerprint density at radius 3 is 3.06 bits per heavy atom. The molecule has 1 aromatic carbocycles. The Labute approximate surface area is 112 Å². The number of aliphatic hydroxyl groups is 1. The van der Waals surface area contributed by atoms with Crippen molar-refractivity contribution < 1.29 is 5.11 Å². The van der Waals surface area contributed by atoms with Crippen molar-refractivity contribution in [1.82, 2.24) is 4.90 Å². The van der Waals surface area contributed by atoms with E-state index in [2.05, 4.69) is 34.5 Å². The van der Waals surface area contributed by atoms with Crippen LogP contribution in [-0.2, 0) is 6.54 Å². The molecule has 1 aliphatic rings. The molecule has 1 aromatic heterocycles. The molecule has 1 atom stereocenters. The highest BCUT2D eigenvalue weighted by Crippen LogP contribution is 2.28. The molecule has 0 aliphatic carbocycles. The molecule has 18 heavy (non-hydrogen) atoms. The average molecular weight is 261 g/mol. The van der Waals surface area contributed by atoms with Crippen molar-refractivity contribution in [3.63, 3.8) is 0 Å². The molecule has 0 saturated carbocycles. The van der Waals surface area contributed by atoms with E-state index in [-0.39, 0.29) is 0 Å². The fourth-order valence-corrected chi connectivity index (χ4v) is 3.80. The van der Waals surface area contributed by atoms with Gasteiger partial charge in [0.25, 0.3) is 0 Å². The fourth-order valence-electron chi connectivity index (χ4n) is 2.85. The molecule has 1 saturated heterocycles. The van der Waals surface area contributed by atoms with Gasteiger partial charge in [0.05, 0.1) is 6.61 Å². The van der Waals surface area contributed by atoms with E-state index in [1.807, 2.05) is 11.3 Å². The summed E-state index contributed by atoms with van der Waals surface area (Å²) in [5.74, 6) is 0. The number of nitrogens with zero attached hydrogens (tertiary/aromatic N) is 1. The highest BCUT2D eigenvalue weighted by atomic mass is 32.1. The lowest BCUT2D eigenvalue weighted by Gasteiger charge is -2.34. The largest absolute Gasteiger partial charge is 0.395 e. The van der Waals surface area contributed by atoms with E-state index in [0.29, 0.717) is 12.6 Å². The first-order valence-electron chi connectivity index (χ1n) is 6.68. The van der Waals surface area contributed by atoms with Crippen LogP contribution in [0.3, 0.4) is 0 Å². The molecule has 1 fully saturated rings. The Balaban J connectivity index is 1.82. The lowest BCUT2D eigenvalue weighted by molar-refractivity contribution is 0.0845. The number of aliphatic hydroxyl groups excluding tert-OH is 1. The summed E-state index contributed by atoms with van der Waals surface area (Å²) in [7, 11) is 0. The molecule has 1 aliphatic heterocycles. The lowest BCUT2D eigenvalue weighted by atomic mass is 10.0. The number of thiophene rings is 1. The van der Waals surface area contributed by atoms with Gasteiger partial charge in [0.2, 0.25) is 0 Å². The number of benzene rings is 1. The molecule has 2 heterocycles. The first kappa shape index (κ1) is 12.2. The summed E-state index contributed by atoms with van der Waals surface area (Å²) in [6.07, 6.45) is 3.66. The molecular formula is C15H19NOS. The van der Waals surface area contributed by atoms with Gasteiger partial charge in [0, 0.05) is 17.3 Å². The van der Waals surface area contributed by atoms with Crippen LogP contribution in [-0.4, -0.2) is 29.2 Å².